The molecular formula is C27H31N3O2. The number of aromatic nitrogens is 2. The van der Waals surface area contributed by atoms with Gasteiger partial charge < -0.3 is 9.40 Å². The van der Waals surface area contributed by atoms with Crippen molar-refractivity contribution in [2.45, 2.75) is 46.1 Å². The summed E-state index contributed by atoms with van der Waals surface area (Å²) in [4.78, 5) is 21.2. The fourth-order valence-corrected chi connectivity index (χ4v) is 4.27. The first kappa shape index (κ1) is 22.0. The van der Waals surface area contributed by atoms with Crippen LogP contribution >= 0.6 is 0 Å². The maximum Gasteiger partial charge on any atom is 0.262 e. The number of hydrogen-bond acceptors (Lipinski definition) is 4. The van der Waals surface area contributed by atoms with E-state index in [1.54, 1.807) is 0 Å². The molecule has 1 N–H and O–H groups in total. The van der Waals surface area contributed by atoms with Gasteiger partial charge in [-0.25, -0.2) is 4.98 Å². The molecule has 0 unspecified atom stereocenters. The van der Waals surface area contributed by atoms with Crippen molar-refractivity contribution in [1.29, 1.82) is 0 Å². The van der Waals surface area contributed by atoms with E-state index in [2.05, 4.69) is 64.3 Å². The van der Waals surface area contributed by atoms with Gasteiger partial charge in [-0.05, 0) is 56.0 Å². The van der Waals surface area contributed by atoms with Crippen molar-refractivity contribution >= 4 is 11.1 Å². The van der Waals surface area contributed by atoms with Crippen LogP contribution < -0.4 is 5.56 Å². The van der Waals surface area contributed by atoms with Crippen LogP contribution in [-0.4, -0.2) is 28.0 Å². The Hall–Kier alpha value is -3.18. The number of aryl methyl sites for hydroxylation is 2. The van der Waals surface area contributed by atoms with Crippen molar-refractivity contribution in [3.05, 3.63) is 88.2 Å². The summed E-state index contributed by atoms with van der Waals surface area (Å²) in [6.45, 7) is 7.68. The van der Waals surface area contributed by atoms with Crippen LogP contribution in [0.4, 0.5) is 0 Å². The highest BCUT2D eigenvalue weighted by Gasteiger charge is 2.16. The van der Waals surface area contributed by atoms with Crippen molar-refractivity contribution < 1.29 is 4.42 Å². The van der Waals surface area contributed by atoms with E-state index in [1.165, 1.54) is 49.8 Å². The number of H-pyrrole nitrogens is 1. The zero-order valence-electron chi connectivity index (χ0n) is 18.9. The molecule has 0 bridgehead atoms. The fraction of sp³-hybridized carbons (Fsp3) is 0.333. The number of nitrogens with zero attached hydrogens (tertiary/aromatic N) is 2. The van der Waals surface area contributed by atoms with Gasteiger partial charge in [0, 0.05) is 12.1 Å². The third-order valence-corrected chi connectivity index (χ3v) is 6.02. The first-order valence-corrected chi connectivity index (χ1v) is 11.5. The van der Waals surface area contributed by atoms with E-state index in [0.717, 1.165) is 24.1 Å². The van der Waals surface area contributed by atoms with E-state index in [1.807, 2.05) is 19.1 Å². The second-order valence-corrected chi connectivity index (χ2v) is 8.32. The Bertz CT molecular complexity index is 1190. The minimum Gasteiger partial charge on any atom is -0.442 e. The molecule has 0 aliphatic carbocycles. The van der Waals surface area contributed by atoms with E-state index < -0.39 is 0 Å². The van der Waals surface area contributed by atoms with Gasteiger partial charge in [0.15, 0.2) is 0 Å². The Morgan fingerprint density at radius 3 is 2.38 bits per heavy atom. The van der Waals surface area contributed by atoms with Crippen LogP contribution in [0.5, 0.6) is 0 Å². The first-order chi connectivity index (χ1) is 15.7. The summed E-state index contributed by atoms with van der Waals surface area (Å²) in [5, 5.41) is 0.518. The van der Waals surface area contributed by atoms with Gasteiger partial charge >= 0.3 is 0 Å². The molecule has 3 heterocycles. The lowest BCUT2D eigenvalue weighted by Crippen LogP contribution is -2.28. The van der Waals surface area contributed by atoms with Crippen molar-refractivity contribution in [1.82, 2.24) is 14.9 Å². The highest BCUT2D eigenvalue weighted by atomic mass is 16.3. The van der Waals surface area contributed by atoms with Gasteiger partial charge in [-0.1, -0.05) is 67.9 Å². The van der Waals surface area contributed by atoms with Crippen molar-refractivity contribution in [2.24, 2.45) is 0 Å². The zero-order chi connectivity index (χ0) is 22.3. The van der Waals surface area contributed by atoms with E-state index in [-0.39, 0.29) is 5.56 Å². The number of likely N-dealkylation sites (tertiary alicyclic amines) is 1. The Morgan fingerprint density at radius 1 is 0.969 bits per heavy atom. The monoisotopic (exact) mass is 429 g/mol. The largest absolute Gasteiger partial charge is 0.442 e. The lowest BCUT2D eigenvalue weighted by molar-refractivity contribution is 0.221. The van der Waals surface area contributed by atoms with Crippen LogP contribution in [0, 0.1) is 6.92 Å². The molecule has 5 heteroatoms. The molecule has 2 aromatic carbocycles. The van der Waals surface area contributed by atoms with E-state index in [4.69, 9.17) is 4.42 Å². The van der Waals surface area contributed by atoms with Crippen LogP contribution in [0.3, 0.4) is 0 Å². The number of nitrogens with one attached hydrogen (secondary N) is 1. The summed E-state index contributed by atoms with van der Waals surface area (Å²) >= 11 is 0. The predicted molar refractivity (Wildman–Crippen MR) is 130 cm³/mol. The molecule has 166 valence electrons. The van der Waals surface area contributed by atoms with Crippen LogP contribution in [0.2, 0.25) is 0 Å². The van der Waals surface area contributed by atoms with Gasteiger partial charge in [0.05, 0.1) is 6.33 Å². The highest BCUT2D eigenvalue weighted by Crippen LogP contribution is 2.31. The smallest absolute Gasteiger partial charge is 0.262 e. The van der Waals surface area contributed by atoms with E-state index in [9.17, 15) is 4.79 Å². The lowest BCUT2D eigenvalue weighted by atomic mass is 10.0. The number of fused-ring (bicyclic) bond motifs is 1. The summed E-state index contributed by atoms with van der Waals surface area (Å²) in [5.41, 5.74) is 4.73. The van der Waals surface area contributed by atoms with Crippen LogP contribution in [0.1, 0.15) is 43.1 Å². The molecule has 0 amide bonds. The second-order valence-electron chi connectivity index (χ2n) is 8.32. The van der Waals surface area contributed by atoms with Crippen LogP contribution in [0.15, 0.2) is 70.1 Å². The molecule has 5 rings (SSSR count). The normalized spacial score (nSPS) is 14.2. The predicted octanol–water partition coefficient (Wildman–Crippen LogP) is 5.73. The molecule has 32 heavy (non-hydrogen) atoms. The molecule has 1 aliphatic heterocycles. The van der Waals surface area contributed by atoms with Crippen LogP contribution in [0.25, 0.3) is 22.2 Å². The lowest BCUT2D eigenvalue weighted by Gasteiger charge is -2.26. The third kappa shape index (κ3) is 5.17. The van der Waals surface area contributed by atoms with E-state index >= 15 is 0 Å². The van der Waals surface area contributed by atoms with Gasteiger partial charge in [0.2, 0.25) is 5.71 Å². The molecule has 1 fully saturated rings. The first-order valence-electron chi connectivity index (χ1n) is 11.5. The van der Waals surface area contributed by atoms with Gasteiger partial charge in [-0.3, -0.25) is 9.69 Å². The molecule has 5 nitrogen and oxygen atoms in total. The molecule has 0 spiro atoms. The quantitative estimate of drug-likeness (QED) is 0.450. The summed E-state index contributed by atoms with van der Waals surface area (Å²) < 4.78 is 5.56. The number of rotatable bonds is 4. The Morgan fingerprint density at radius 2 is 1.69 bits per heavy atom. The molecule has 0 radical (unpaired) electrons. The Kier molecular flexibility index (Phi) is 7.17. The van der Waals surface area contributed by atoms with Crippen molar-refractivity contribution in [3.63, 3.8) is 0 Å². The molecular weight excluding hydrogens is 398 g/mol. The maximum absolute atomic E-state index is 12.0. The molecule has 1 saturated heterocycles. The van der Waals surface area contributed by atoms with Gasteiger partial charge in [0.1, 0.15) is 11.1 Å². The standard InChI is InChI=1S/C15H14N2O2.C12H17N/c1-3-10-4-6-11(7-5-10)12-9(2)19-15-13(12)14(18)16-8-17-15;1-3-7-12(8-4-1)11-13-9-5-2-6-10-13/h4-8H,3H2,1-2H3,(H,16,17,18);1,3-4,7-8H,2,5-6,9-11H2. The Labute approximate surface area is 189 Å². The topological polar surface area (TPSA) is 62.1 Å². The third-order valence-electron chi connectivity index (χ3n) is 6.02. The van der Waals surface area contributed by atoms with Crippen LogP contribution in [-0.2, 0) is 13.0 Å². The molecule has 4 aromatic rings. The average Bonchev–Trinajstić information content (AvgIpc) is 3.18. The molecule has 0 saturated carbocycles. The molecule has 1 aliphatic rings. The average molecular weight is 430 g/mol. The summed E-state index contributed by atoms with van der Waals surface area (Å²) in [5.74, 6) is 0.712. The SMILES string of the molecule is CCc1ccc(-c2c(C)oc3nc[nH]c(=O)c23)cc1.c1ccc(CN2CCCCC2)cc1. The maximum atomic E-state index is 12.0. The highest BCUT2D eigenvalue weighted by molar-refractivity contribution is 5.93. The summed E-state index contributed by atoms with van der Waals surface area (Å²) in [6.07, 6.45) is 6.54. The zero-order valence-corrected chi connectivity index (χ0v) is 18.9. The minimum atomic E-state index is -0.170. The number of piperidine rings is 1. The number of furan rings is 1. The Balaban J connectivity index is 0.000000165. The van der Waals surface area contributed by atoms with Crippen molar-refractivity contribution in [3.8, 4) is 11.1 Å². The molecule has 2 aromatic heterocycles. The van der Waals surface area contributed by atoms with Gasteiger partial charge in [-0.2, -0.15) is 0 Å². The summed E-state index contributed by atoms with van der Waals surface area (Å²) in [6, 6.07) is 18.9. The van der Waals surface area contributed by atoms with Gasteiger partial charge in [0.25, 0.3) is 5.56 Å². The number of hydrogen-bond donors (Lipinski definition) is 1. The minimum absolute atomic E-state index is 0.170. The van der Waals surface area contributed by atoms with Gasteiger partial charge in [-0.15, -0.1) is 0 Å². The number of aromatic amines is 1. The fourth-order valence-electron chi connectivity index (χ4n) is 4.27. The second kappa shape index (κ2) is 10.4. The molecule has 0 atom stereocenters. The number of benzene rings is 2. The van der Waals surface area contributed by atoms with E-state index in [0.29, 0.717) is 16.9 Å². The van der Waals surface area contributed by atoms with Crippen molar-refractivity contribution in [2.75, 3.05) is 13.1 Å². The summed E-state index contributed by atoms with van der Waals surface area (Å²) in [7, 11) is 0.